The molecule has 0 aliphatic heterocycles. The van der Waals surface area contributed by atoms with Crippen LogP contribution in [0.25, 0.3) is 64.3 Å². The van der Waals surface area contributed by atoms with Crippen LogP contribution in [0.2, 0.25) is 0 Å². The van der Waals surface area contributed by atoms with Crippen molar-refractivity contribution in [1.29, 1.82) is 0 Å². The summed E-state index contributed by atoms with van der Waals surface area (Å²) in [6.45, 7) is 0. The molecule has 4 heterocycles. The minimum absolute atomic E-state index is 0.878. The molecule has 8 rings (SSSR count). The number of para-hydroxylation sites is 1. The van der Waals surface area contributed by atoms with E-state index < -0.39 is 0 Å². The van der Waals surface area contributed by atoms with Gasteiger partial charge in [-0.2, -0.15) is 5.10 Å². The van der Waals surface area contributed by atoms with E-state index in [0.717, 1.165) is 21.7 Å². The predicted octanol–water partition coefficient (Wildman–Crippen LogP) is 7.35. The lowest BCUT2D eigenvalue weighted by Crippen LogP contribution is -1.94. The molecule has 0 aliphatic carbocycles. The summed E-state index contributed by atoms with van der Waals surface area (Å²) in [5.74, 6) is 0. The van der Waals surface area contributed by atoms with Gasteiger partial charge in [0.1, 0.15) is 10.3 Å². The summed E-state index contributed by atoms with van der Waals surface area (Å²) in [4.78, 5) is 6.06. The third-order valence-electron chi connectivity index (χ3n) is 6.58. The summed E-state index contributed by atoms with van der Waals surface area (Å²) in [5, 5.41) is 10.8. The number of aromatic nitrogens is 4. The first-order valence-corrected chi connectivity index (χ1v) is 11.8. The molecule has 0 N–H and O–H groups in total. The normalized spacial score (nSPS) is 12.2. The minimum Gasteiger partial charge on any atom is -0.308 e. The minimum atomic E-state index is 0.878. The zero-order valence-electron chi connectivity index (χ0n) is 17.4. The monoisotopic (exact) mass is 440 g/mol. The van der Waals surface area contributed by atoms with Crippen LogP contribution in [-0.4, -0.2) is 19.2 Å². The van der Waals surface area contributed by atoms with Crippen molar-refractivity contribution in [1.82, 2.24) is 19.2 Å². The fourth-order valence-electron chi connectivity index (χ4n) is 5.17. The summed E-state index contributed by atoms with van der Waals surface area (Å²) in [6, 6.07) is 32.4. The first-order chi connectivity index (χ1) is 16.4. The van der Waals surface area contributed by atoms with Gasteiger partial charge in [0, 0.05) is 27.1 Å². The Hall–Kier alpha value is -4.22. The van der Waals surface area contributed by atoms with Crippen molar-refractivity contribution in [2.45, 2.75) is 0 Å². The zero-order valence-corrected chi connectivity index (χ0v) is 18.3. The van der Waals surface area contributed by atoms with Gasteiger partial charge >= 0.3 is 0 Å². The molecule has 33 heavy (non-hydrogen) atoms. The number of imidazole rings is 1. The number of thiophene rings is 1. The van der Waals surface area contributed by atoms with E-state index in [4.69, 9.17) is 4.98 Å². The summed E-state index contributed by atoms with van der Waals surface area (Å²) in [6.07, 6.45) is 1.82. The lowest BCUT2D eigenvalue weighted by Gasteiger charge is -2.10. The van der Waals surface area contributed by atoms with Crippen molar-refractivity contribution < 1.29 is 0 Å². The highest BCUT2D eigenvalue weighted by atomic mass is 32.1. The number of rotatable bonds is 1. The van der Waals surface area contributed by atoms with E-state index in [2.05, 4.69) is 88.5 Å². The van der Waals surface area contributed by atoms with Gasteiger partial charge in [0.15, 0.2) is 5.65 Å². The van der Waals surface area contributed by atoms with Crippen molar-refractivity contribution in [3.05, 3.63) is 97.2 Å². The fraction of sp³-hybridized carbons (Fsp3) is 0. The van der Waals surface area contributed by atoms with E-state index in [1.807, 2.05) is 22.8 Å². The fourth-order valence-corrected chi connectivity index (χ4v) is 6.30. The third-order valence-corrected chi connectivity index (χ3v) is 7.70. The number of fused-ring (bicyclic) bond motifs is 9. The van der Waals surface area contributed by atoms with Gasteiger partial charge in [0.25, 0.3) is 0 Å². The van der Waals surface area contributed by atoms with Crippen LogP contribution in [0.5, 0.6) is 0 Å². The second-order valence-electron chi connectivity index (χ2n) is 8.38. The Labute approximate surface area is 191 Å². The average molecular weight is 441 g/mol. The van der Waals surface area contributed by atoms with Crippen molar-refractivity contribution in [2.24, 2.45) is 0 Å². The molecule has 4 aromatic carbocycles. The van der Waals surface area contributed by atoms with Crippen LogP contribution >= 0.6 is 11.3 Å². The Bertz CT molecular complexity index is 2040. The lowest BCUT2D eigenvalue weighted by atomic mass is 10.1. The van der Waals surface area contributed by atoms with Gasteiger partial charge in [0.2, 0.25) is 0 Å². The Balaban J connectivity index is 1.59. The Morgan fingerprint density at radius 3 is 2.48 bits per heavy atom. The molecule has 154 valence electrons. The van der Waals surface area contributed by atoms with E-state index in [0.29, 0.717) is 0 Å². The van der Waals surface area contributed by atoms with Crippen LogP contribution in [0.15, 0.2) is 97.2 Å². The summed E-state index contributed by atoms with van der Waals surface area (Å²) >= 11 is 1.75. The molecule has 0 saturated carbocycles. The maximum Gasteiger partial charge on any atom is 0.155 e. The van der Waals surface area contributed by atoms with Crippen LogP contribution in [0.4, 0.5) is 0 Å². The van der Waals surface area contributed by atoms with E-state index in [1.165, 1.54) is 42.7 Å². The second-order valence-corrected chi connectivity index (χ2v) is 9.41. The summed E-state index contributed by atoms with van der Waals surface area (Å²) in [7, 11) is 0. The van der Waals surface area contributed by atoms with E-state index in [9.17, 15) is 0 Å². The van der Waals surface area contributed by atoms with Crippen molar-refractivity contribution in [2.75, 3.05) is 0 Å². The molecule has 4 aromatic heterocycles. The van der Waals surface area contributed by atoms with E-state index >= 15 is 0 Å². The van der Waals surface area contributed by atoms with Crippen molar-refractivity contribution >= 4 is 70.0 Å². The molecule has 0 bridgehead atoms. The van der Waals surface area contributed by atoms with Crippen LogP contribution < -0.4 is 0 Å². The van der Waals surface area contributed by atoms with Gasteiger partial charge in [0.05, 0.1) is 16.7 Å². The van der Waals surface area contributed by atoms with Gasteiger partial charge in [-0.3, -0.25) is 0 Å². The van der Waals surface area contributed by atoms with Gasteiger partial charge < -0.3 is 4.57 Å². The average Bonchev–Trinajstić information content (AvgIpc) is 3.50. The number of hydrogen-bond acceptors (Lipinski definition) is 3. The molecule has 0 atom stereocenters. The highest BCUT2D eigenvalue weighted by Crippen LogP contribution is 2.41. The SMILES string of the molecule is c1ccc2cc3c(cc2c1)c1ccccc1n3-c1cccc2sc3c(nc4cccnn43)c12. The second kappa shape index (κ2) is 6.18. The maximum atomic E-state index is 4.98. The van der Waals surface area contributed by atoms with Crippen LogP contribution in [0, 0.1) is 0 Å². The summed E-state index contributed by atoms with van der Waals surface area (Å²) in [5.41, 5.74) is 5.46. The van der Waals surface area contributed by atoms with Gasteiger partial charge in [-0.05, 0) is 53.2 Å². The third kappa shape index (κ3) is 2.24. The maximum absolute atomic E-state index is 4.98. The lowest BCUT2D eigenvalue weighted by molar-refractivity contribution is 0.972. The van der Waals surface area contributed by atoms with E-state index in [1.54, 1.807) is 11.3 Å². The van der Waals surface area contributed by atoms with Gasteiger partial charge in [-0.1, -0.05) is 48.5 Å². The molecule has 5 heteroatoms. The molecule has 0 fully saturated rings. The topological polar surface area (TPSA) is 35.1 Å². The van der Waals surface area contributed by atoms with Crippen LogP contribution in [0.3, 0.4) is 0 Å². The Morgan fingerprint density at radius 1 is 0.697 bits per heavy atom. The summed E-state index contributed by atoms with van der Waals surface area (Å²) < 4.78 is 5.57. The highest BCUT2D eigenvalue weighted by molar-refractivity contribution is 7.25. The van der Waals surface area contributed by atoms with Crippen molar-refractivity contribution in [3.63, 3.8) is 0 Å². The zero-order chi connectivity index (χ0) is 21.5. The number of hydrogen-bond donors (Lipinski definition) is 0. The first kappa shape index (κ1) is 17.3. The highest BCUT2D eigenvalue weighted by Gasteiger charge is 2.19. The number of benzene rings is 4. The number of nitrogens with zero attached hydrogens (tertiary/aromatic N) is 4. The Kier molecular flexibility index (Phi) is 3.25. The molecule has 0 amide bonds. The molecule has 0 spiro atoms. The molecular formula is C28H16N4S. The molecule has 0 unspecified atom stereocenters. The predicted molar refractivity (Wildman–Crippen MR) is 138 cm³/mol. The molecule has 0 saturated heterocycles. The first-order valence-electron chi connectivity index (χ1n) is 10.9. The van der Waals surface area contributed by atoms with Crippen LogP contribution in [-0.2, 0) is 0 Å². The quantitative estimate of drug-likeness (QED) is 0.267. The van der Waals surface area contributed by atoms with Gasteiger partial charge in [-0.15, -0.1) is 11.3 Å². The molecule has 4 nitrogen and oxygen atoms in total. The smallest absolute Gasteiger partial charge is 0.155 e. The molecule has 8 aromatic rings. The van der Waals surface area contributed by atoms with Gasteiger partial charge in [-0.25, -0.2) is 9.50 Å². The van der Waals surface area contributed by atoms with Crippen LogP contribution in [0.1, 0.15) is 0 Å². The van der Waals surface area contributed by atoms with E-state index in [-0.39, 0.29) is 0 Å². The Morgan fingerprint density at radius 2 is 1.55 bits per heavy atom. The standard InChI is InChI=1S/C28H16N4S/c1-2-8-18-16-23-20(15-17(18)7-1)19-9-3-4-10-21(19)31(23)22-11-5-12-24-26(22)27-28(33-24)32-25(30-27)13-6-14-29-32/h1-16H. The molecular weight excluding hydrogens is 424 g/mol. The molecule has 0 radical (unpaired) electrons. The van der Waals surface area contributed by atoms with Crippen molar-refractivity contribution in [3.8, 4) is 5.69 Å². The largest absolute Gasteiger partial charge is 0.308 e. The molecule has 0 aliphatic rings.